The molecule has 1 saturated heterocycles. The molecule has 2 atom stereocenters. The summed E-state index contributed by atoms with van der Waals surface area (Å²) >= 11 is 0. The molecule has 0 aliphatic carbocycles. The van der Waals surface area contributed by atoms with Crippen molar-refractivity contribution in [1.82, 2.24) is 9.62 Å². The van der Waals surface area contributed by atoms with Crippen molar-refractivity contribution in [2.24, 2.45) is 0 Å². The van der Waals surface area contributed by atoms with Crippen LogP contribution in [-0.2, 0) is 26.4 Å². The summed E-state index contributed by atoms with van der Waals surface area (Å²) in [7, 11) is -4.77. The SMILES string of the molecule is O=C(N[C@@H]1C(=O)N(S(=O)(=O)O)[C@@H]1CO)OCc1ccccc1. The maximum absolute atomic E-state index is 11.6. The summed E-state index contributed by atoms with van der Waals surface area (Å²) in [4.78, 5) is 23.2. The van der Waals surface area contributed by atoms with Gasteiger partial charge in [0.25, 0.3) is 5.91 Å². The van der Waals surface area contributed by atoms with E-state index < -0.39 is 41.0 Å². The second-order valence-electron chi connectivity index (χ2n) is 4.55. The van der Waals surface area contributed by atoms with Crippen LogP contribution in [-0.4, -0.2) is 53.1 Å². The molecule has 0 spiro atoms. The predicted molar refractivity (Wildman–Crippen MR) is 72.8 cm³/mol. The zero-order chi connectivity index (χ0) is 16.3. The lowest BCUT2D eigenvalue weighted by Gasteiger charge is -2.42. The lowest BCUT2D eigenvalue weighted by molar-refractivity contribution is -0.144. The van der Waals surface area contributed by atoms with Crippen molar-refractivity contribution >= 4 is 22.3 Å². The van der Waals surface area contributed by atoms with Crippen LogP contribution in [0.4, 0.5) is 4.79 Å². The number of aliphatic hydroxyl groups is 1. The molecule has 22 heavy (non-hydrogen) atoms. The Balaban J connectivity index is 1.91. The van der Waals surface area contributed by atoms with Gasteiger partial charge in [0, 0.05) is 0 Å². The molecule has 1 aliphatic heterocycles. The standard InChI is InChI=1S/C12H14N2O7S/c15-6-9-10(11(16)14(9)22(18,19)20)13-12(17)21-7-8-4-2-1-3-5-8/h1-5,9-10,15H,6-7H2,(H,13,17)(H,18,19,20)/t9-,10+/m1/s1. The molecule has 1 heterocycles. The third-order valence-corrected chi connectivity index (χ3v) is 4.04. The van der Waals surface area contributed by atoms with E-state index in [0.29, 0.717) is 0 Å². The Hall–Kier alpha value is -2.17. The van der Waals surface area contributed by atoms with Gasteiger partial charge >= 0.3 is 16.4 Å². The summed E-state index contributed by atoms with van der Waals surface area (Å²) in [6.45, 7) is -0.769. The summed E-state index contributed by atoms with van der Waals surface area (Å²) in [5.41, 5.74) is 0.732. The fourth-order valence-corrected chi connectivity index (χ4v) is 2.90. The van der Waals surface area contributed by atoms with Crippen molar-refractivity contribution < 1.29 is 32.4 Å². The van der Waals surface area contributed by atoms with Crippen LogP contribution in [0.3, 0.4) is 0 Å². The van der Waals surface area contributed by atoms with E-state index in [1.807, 2.05) is 0 Å². The molecule has 1 aromatic carbocycles. The van der Waals surface area contributed by atoms with Gasteiger partial charge in [0.05, 0.1) is 6.61 Å². The Labute approximate surface area is 126 Å². The van der Waals surface area contributed by atoms with Crippen LogP contribution in [0.25, 0.3) is 0 Å². The number of alkyl carbamates (subject to hydrolysis) is 1. The third-order valence-electron chi connectivity index (χ3n) is 3.09. The normalized spacial score (nSPS) is 21.2. The maximum Gasteiger partial charge on any atom is 0.408 e. The van der Waals surface area contributed by atoms with Crippen LogP contribution in [0.2, 0.25) is 0 Å². The van der Waals surface area contributed by atoms with Gasteiger partial charge in [-0.15, -0.1) is 0 Å². The highest BCUT2D eigenvalue weighted by molar-refractivity contribution is 7.84. The van der Waals surface area contributed by atoms with Crippen molar-refractivity contribution in [1.29, 1.82) is 0 Å². The molecule has 3 N–H and O–H groups in total. The average molecular weight is 330 g/mol. The van der Waals surface area contributed by atoms with Gasteiger partial charge in [0.2, 0.25) is 0 Å². The molecule has 2 amide bonds. The van der Waals surface area contributed by atoms with Crippen molar-refractivity contribution in [2.75, 3.05) is 6.61 Å². The highest BCUT2D eigenvalue weighted by Crippen LogP contribution is 2.23. The topological polar surface area (TPSA) is 133 Å². The lowest BCUT2D eigenvalue weighted by Crippen LogP contribution is -2.73. The first-order valence-corrected chi connectivity index (χ1v) is 7.63. The number of carbonyl (C=O) groups excluding carboxylic acids is 2. The number of benzene rings is 1. The van der Waals surface area contributed by atoms with Gasteiger partial charge in [-0.05, 0) is 5.56 Å². The maximum atomic E-state index is 11.6. The van der Waals surface area contributed by atoms with Crippen molar-refractivity contribution in [3.63, 3.8) is 0 Å². The molecular formula is C12H14N2O7S. The fourth-order valence-electron chi connectivity index (χ4n) is 2.03. The molecule has 9 nitrogen and oxygen atoms in total. The first kappa shape index (κ1) is 16.2. The largest absolute Gasteiger partial charge is 0.445 e. The van der Waals surface area contributed by atoms with Crippen molar-refractivity contribution in [3.05, 3.63) is 35.9 Å². The number of carbonyl (C=O) groups is 2. The van der Waals surface area contributed by atoms with Crippen LogP contribution in [0.5, 0.6) is 0 Å². The van der Waals surface area contributed by atoms with Gasteiger partial charge in [-0.3, -0.25) is 9.35 Å². The highest BCUT2D eigenvalue weighted by atomic mass is 32.2. The Bertz CT molecular complexity index is 661. The molecule has 0 bridgehead atoms. The van der Waals surface area contributed by atoms with Crippen LogP contribution < -0.4 is 5.32 Å². The summed E-state index contributed by atoms with van der Waals surface area (Å²) in [6.07, 6.45) is -0.935. The Morgan fingerprint density at radius 3 is 2.50 bits per heavy atom. The molecule has 1 aromatic rings. The number of amides is 2. The van der Waals surface area contributed by atoms with E-state index in [1.54, 1.807) is 30.3 Å². The number of ether oxygens (including phenoxy) is 1. The predicted octanol–water partition coefficient (Wildman–Crippen LogP) is -0.713. The fraction of sp³-hybridized carbons (Fsp3) is 0.333. The number of aliphatic hydroxyl groups excluding tert-OH is 1. The van der Waals surface area contributed by atoms with Crippen LogP contribution in [0, 0.1) is 0 Å². The quantitative estimate of drug-likeness (QED) is 0.479. The minimum absolute atomic E-state index is 0.0284. The van der Waals surface area contributed by atoms with Gasteiger partial charge in [-0.2, -0.15) is 8.42 Å². The summed E-state index contributed by atoms with van der Waals surface area (Å²) in [5, 5.41) is 11.2. The second-order valence-corrected chi connectivity index (χ2v) is 5.83. The van der Waals surface area contributed by atoms with E-state index in [0.717, 1.165) is 5.56 Å². The monoisotopic (exact) mass is 330 g/mol. The van der Waals surface area contributed by atoms with Crippen molar-refractivity contribution in [3.8, 4) is 0 Å². The molecule has 120 valence electrons. The number of nitrogens with zero attached hydrogens (tertiary/aromatic N) is 1. The molecule has 0 saturated carbocycles. The zero-order valence-electron chi connectivity index (χ0n) is 11.2. The molecule has 1 aliphatic rings. The second kappa shape index (κ2) is 6.30. The molecule has 1 fully saturated rings. The minimum atomic E-state index is -4.77. The molecule has 10 heteroatoms. The van der Waals surface area contributed by atoms with Gasteiger partial charge < -0.3 is 15.2 Å². The van der Waals surface area contributed by atoms with Gasteiger partial charge in [0.1, 0.15) is 18.7 Å². The number of hydrogen-bond acceptors (Lipinski definition) is 6. The first-order valence-electron chi connectivity index (χ1n) is 6.23. The minimum Gasteiger partial charge on any atom is -0.445 e. The molecule has 0 unspecified atom stereocenters. The van der Waals surface area contributed by atoms with E-state index in [2.05, 4.69) is 5.32 Å². The average Bonchev–Trinajstić information content (AvgIpc) is 2.47. The van der Waals surface area contributed by atoms with E-state index in [4.69, 9.17) is 14.4 Å². The van der Waals surface area contributed by atoms with E-state index >= 15 is 0 Å². The number of β-lactam (4-membered cyclic amide) rings is 1. The molecule has 2 rings (SSSR count). The van der Waals surface area contributed by atoms with Gasteiger partial charge in [-0.25, -0.2) is 9.10 Å². The summed E-state index contributed by atoms with van der Waals surface area (Å²) in [5.74, 6) is -1.04. The van der Waals surface area contributed by atoms with Crippen LogP contribution >= 0.6 is 0 Å². The number of hydrogen-bond donors (Lipinski definition) is 3. The lowest BCUT2D eigenvalue weighted by atomic mass is 10.0. The Morgan fingerprint density at radius 2 is 1.95 bits per heavy atom. The molecular weight excluding hydrogens is 316 g/mol. The number of nitrogens with one attached hydrogen (secondary N) is 1. The van der Waals surface area contributed by atoms with Gasteiger partial charge in [-0.1, -0.05) is 30.3 Å². The number of rotatable bonds is 5. The summed E-state index contributed by atoms with van der Waals surface area (Å²) < 4.78 is 35.7. The van der Waals surface area contributed by atoms with Crippen molar-refractivity contribution in [2.45, 2.75) is 18.7 Å². The Kier molecular flexibility index (Phi) is 4.64. The van der Waals surface area contributed by atoms with Gasteiger partial charge in [0.15, 0.2) is 0 Å². The van der Waals surface area contributed by atoms with E-state index in [9.17, 15) is 18.0 Å². The zero-order valence-corrected chi connectivity index (χ0v) is 12.1. The summed E-state index contributed by atoms with van der Waals surface area (Å²) in [6, 6.07) is 6.26. The van der Waals surface area contributed by atoms with E-state index in [1.165, 1.54) is 0 Å². The molecule has 0 aromatic heterocycles. The Morgan fingerprint density at radius 1 is 1.32 bits per heavy atom. The first-order chi connectivity index (χ1) is 10.3. The molecule has 0 radical (unpaired) electrons. The third kappa shape index (κ3) is 3.35. The van der Waals surface area contributed by atoms with Crippen LogP contribution in [0.1, 0.15) is 5.56 Å². The van der Waals surface area contributed by atoms with Crippen LogP contribution in [0.15, 0.2) is 30.3 Å². The highest BCUT2D eigenvalue weighted by Gasteiger charge is 2.53. The smallest absolute Gasteiger partial charge is 0.408 e. The van der Waals surface area contributed by atoms with E-state index in [-0.39, 0.29) is 10.9 Å².